The van der Waals surface area contributed by atoms with Crippen molar-refractivity contribution in [2.24, 2.45) is 0 Å². The maximum absolute atomic E-state index is 11.1. The van der Waals surface area contributed by atoms with Crippen LogP contribution in [0.4, 0.5) is 11.4 Å². The Hall–Kier alpha value is -2.00. The maximum atomic E-state index is 11.1. The summed E-state index contributed by atoms with van der Waals surface area (Å²) < 4.78 is 0. The molecule has 1 aliphatic heterocycles. The number of fused-ring (bicyclic) bond motifs is 1. The monoisotopic (exact) mass is 301 g/mol. The van der Waals surface area contributed by atoms with E-state index in [2.05, 4.69) is 23.1 Å². The van der Waals surface area contributed by atoms with Gasteiger partial charge < -0.3 is 10.0 Å². The molecule has 0 fully saturated rings. The maximum Gasteiger partial charge on any atom is 0.337 e. The van der Waals surface area contributed by atoms with E-state index in [4.69, 9.17) is 16.7 Å². The summed E-state index contributed by atoms with van der Waals surface area (Å²) in [5.74, 6) is -0.997. The largest absolute Gasteiger partial charge is 0.478 e. The second-order valence-electron chi connectivity index (χ2n) is 5.21. The molecular formula is C17H16ClNO2. The van der Waals surface area contributed by atoms with Gasteiger partial charge in [0.1, 0.15) is 0 Å². The Morgan fingerprint density at radius 1 is 1.14 bits per heavy atom. The molecule has 0 radical (unpaired) electrons. The molecule has 1 aliphatic rings. The SMILES string of the molecule is O=C(O)c1ccc(N2CCCCc3ccccc32)cc1Cl. The summed E-state index contributed by atoms with van der Waals surface area (Å²) in [4.78, 5) is 13.3. The molecule has 0 amide bonds. The van der Waals surface area contributed by atoms with E-state index in [9.17, 15) is 4.79 Å². The Morgan fingerprint density at radius 3 is 2.71 bits per heavy atom. The summed E-state index contributed by atoms with van der Waals surface area (Å²) in [6.07, 6.45) is 3.34. The molecular weight excluding hydrogens is 286 g/mol. The molecule has 2 aromatic rings. The quantitative estimate of drug-likeness (QED) is 0.887. The zero-order valence-corrected chi connectivity index (χ0v) is 12.3. The number of carboxylic acid groups (broad SMARTS) is 1. The lowest BCUT2D eigenvalue weighted by Gasteiger charge is -2.25. The molecule has 1 N–H and O–H groups in total. The minimum atomic E-state index is -0.997. The number of hydrogen-bond donors (Lipinski definition) is 1. The van der Waals surface area contributed by atoms with Crippen molar-refractivity contribution >= 4 is 28.9 Å². The summed E-state index contributed by atoms with van der Waals surface area (Å²) in [7, 11) is 0. The lowest BCUT2D eigenvalue weighted by atomic mass is 10.1. The number of halogens is 1. The van der Waals surface area contributed by atoms with Crippen LogP contribution >= 0.6 is 11.6 Å². The van der Waals surface area contributed by atoms with Crippen LogP contribution in [0.1, 0.15) is 28.8 Å². The van der Waals surface area contributed by atoms with E-state index in [1.54, 1.807) is 12.1 Å². The topological polar surface area (TPSA) is 40.5 Å². The normalized spacial score (nSPS) is 14.4. The van der Waals surface area contributed by atoms with E-state index >= 15 is 0 Å². The van der Waals surface area contributed by atoms with E-state index in [1.165, 1.54) is 11.3 Å². The Bertz CT molecular complexity index is 684. The minimum absolute atomic E-state index is 0.142. The van der Waals surface area contributed by atoms with Crippen LogP contribution in [-0.2, 0) is 6.42 Å². The minimum Gasteiger partial charge on any atom is -0.478 e. The molecule has 0 aliphatic carbocycles. The van der Waals surface area contributed by atoms with E-state index in [0.29, 0.717) is 0 Å². The first-order valence-electron chi connectivity index (χ1n) is 7.05. The third-order valence-corrected chi connectivity index (χ3v) is 4.17. The fraction of sp³-hybridized carbons (Fsp3) is 0.235. The van der Waals surface area contributed by atoms with Crippen LogP contribution in [0, 0.1) is 0 Å². The molecule has 0 spiro atoms. The lowest BCUT2D eigenvalue weighted by molar-refractivity contribution is 0.0697. The summed E-state index contributed by atoms with van der Waals surface area (Å²) in [6.45, 7) is 0.916. The van der Waals surface area contributed by atoms with Crippen LogP contribution < -0.4 is 4.90 Å². The van der Waals surface area contributed by atoms with Crippen LogP contribution in [0.25, 0.3) is 0 Å². The average Bonchev–Trinajstić information content (AvgIpc) is 2.69. The standard InChI is InChI=1S/C17H16ClNO2/c18-15-11-13(8-9-14(15)17(20)21)19-10-4-3-6-12-5-1-2-7-16(12)19/h1-2,5,7-9,11H,3-4,6,10H2,(H,20,21). The number of aryl methyl sites for hydroxylation is 1. The predicted molar refractivity (Wildman–Crippen MR) is 84.8 cm³/mol. The van der Waals surface area contributed by atoms with Crippen molar-refractivity contribution in [1.29, 1.82) is 0 Å². The number of nitrogens with zero attached hydrogens (tertiary/aromatic N) is 1. The van der Waals surface area contributed by atoms with E-state index < -0.39 is 5.97 Å². The highest BCUT2D eigenvalue weighted by Gasteiger charge is 2.18. The van der Waals surface area contributed by atoms with Gasteiger partial charge in [-0.15, -0.1) is 0 Å². The van der Waals surface area contributed by atoms with Gasteiger partial charge in [0.05, 0.1) is 10.6 Å². The highest BCUT2D eigenvalue weighted by Crippen LogP contribution is 2.34. The molecule has 0 unspecified atom stereocenters. The Morgan fingerprint density at radius 2 is 1.95 bits per heavy atom. The number of anilines is 2. The highest BCUT2D eigenvalue weighted by molar-refractivity contribution is 6.33. The van der Waals surface area contributed by atoms with Crippen molar-refractivity contribution in [3.8, 4) is 0 Å². The number of aromatic carboxylic acids is 1. The molecule has 4 heteroatoms. The fourth-order valence-electron chi connectivity index (χ4n) is 2.80. The van der Waals surface area contributed by atoms with Crippen molar-refractivity contribution in [1.82, 2.24) is 0 Å². The first-order chi connectivity index (χ1) is 10.2. The number of rotatable bonds is 2. The van der Waals surface area contributed by atoms with Gasteiger partial charge in [0, 0.05) is 17.9 Å². The number of benzene rings is 2. The van der Waals surface area contributed by atoms with Gasteiger partial charge in [-0.25, -0.2) is 4.79 Å². The van der Waals surface area contributed by atoms with E-state index in [-0.39, 0.29) is 10.6 Å². The van der Waals surface area contributed by atoms with Gasteiger partial charge in [-0.1, -0.05) is 29.8 Å². The summed E-state index contributed by atoms with van der Waals surface area (Å²) in [6, 6.07) is 13.5. The van der Waals surface area contributed by atoms with Gasteiger partial charge in [-0.2, -0.15) is 0 Å². The molecule has 0 atom stereocenters. The second kappa shape index (κ2) is 5.78. The second-order valence-corrected chi connectivity index (χ2v) is 5.61. The van der Waals surface area contributed by atoms with Crippen LogP contribution in [0.2, 0.25) is 5.02 Å². The molecule has 108 valence electrons. The Balaban J connectivity index is 2.04. The third kappa shape index (κ3) is 2.74. The molecule has 0 saturated carbocycles. The number of para-hydroxylation sites is 1. The Labute approximate surface area is 128 Å². The average molecular weight is 302 g/mol. The first kappa shape index (κ1) is 14.0. The number of carbonyl (C=O) groups is 1. The molecule has 2 aromatic carbocycles. The molecule has 3 nitrogen and oxygen atoms in total. The molecule has 0 bridgehead atoms. The van der Waals surface area contributed by atoms with Gasteiger partial charge in [0.2, 0.25) is 0 Å². The summed E-state index contributed by atoms with van der Waals surface area (Å²) in [5, 5.41) is 9.35. The molecule has 0 saturated heterocycles. The van der Waals surface area contributed by atoms with Crippen LogP contribution in [0.5, 0.6) is 0 Å². The van der Waals surface area contributed by atoms with Crippen molar-refractivity contribution in [3.05, 3.63) is 58.6 Å². The van der Waals surface area contributed by atoms with E-state index in [1.807, 2.05) is 12.1 Å². The van der Waals surface area contributed by atoms with Crippen molar-refractivity contribution in [2.45, 2.75) is 19.3 Å². The van der Waals surface area contributed by atoms with Crippen LogP contribution in [-0.4, -0.2) is 17.6 Å². The zero-order valence-electron chi connectivity index (χ0n) is 11.6. The number of hydrogen-bond acceptors (Lipinski definition) is 2. The lowest BCUT2D eigenvalue weighted by Crippen LogP contribution is -2.18. The zero-order chi connectivity index (χ0) is 14.8. The summed E-state index contributed by atoms with van der Waals surface area (Å²) >= 11 is 6.10. The van der Waals surface area contributed by atoms with E-state index in [0.717, 1.165) is 31.5 Å². The van der Waals surface area contributed by atoms with Gasteiger partial charge in [-0.3, -0.25) is 0 Å². The summed E-state index contributed by atoms with van der Waals surface area (Å²) in [5.41, 5.74) is 3.60. The highest BCUT2D eigenvalue weighted by atomic mass is 35.5. The third-order valence-electron chi connectivity index (χ3n) is 3.85. The van der Waals surface area contributed by atoms with Crippen molar-refractivity contribution in [3.63, 3.8) is 0 Å². The predicted octanol–water partition coefficient (Wildman–Crippen LogP) is 4.51. The number of carboxylic acids is 1. The fourth-order valence-corrected chi connectivity index (χ4v) is 3.06. The van der Waals surface area contributed by atoms with Gasteiger partial charge in [0.25, 0.3) is 0 Å². The van der Waals surface area contributed by atoms with Crippen molar-refractivity contribution < 1.29 is 9.90 Å². The molecule has 0 aromatic heterocycles. The smallest absolute Gasteiger partial charge is 0.337 e. The van der Waals surface area contributed by atoms with Crippen LogP contribution in [0.3, 0.4) is 0 Å². The molecule has 21 heavy (non-hydrogen) atoms. The van der Waals surface area contributed by atoms with Gasteiger partial charge in [0.15, 0.2) is 0 Å². The van der Waals surface area contributed by atoms with Gasteiger partial charge >= 0.3 is 5.97 Å². The van der Waals surface area contributed by atoms with Crippen molar-refractivity contribution in [2.75, 3.05) is 11.4 Å². The van der Waals surface area contributed by atoms with Gasteiger partial charge in [-0.05, 0) is 49.1 Å². The first-order valence-corrected chi connectivity index (χ1v) is 7.43. The molecule has 1 heterocycles. The molecule has 3 rings (SSSR count). The Kier molecular flexibility index (Phi) is 3.84. The van der Waals surface area contributed by atoms with Crippen LogP contribution in [0.15, 0.2) is 42.5 Å².